The Morgan fingerprint density at radius 3 is 2.45 bits per heavy atom. The lowest BCUT2D eigenvalue weighted by Gasteiger charge is -2.24. The fraction of sp³-hybridized carbons (Fsp3) is 0.467. The summed E-state index contributed by atoms with van der Waals surface area (Å²) in [6, 6.07) is 9.69. The van der Waals surface area contributed by atoms with Gasteiger partial charge in [0, 0.05) is 6.04 Å². The summed E-state index contributed by atoms with van der Waals surface area (Å²) in [5.41, 5.74) is 1.14. The number of ether oxygens (including phenoxy) is 1. The molecule has 0 aliphatic heterocycles. The van der Waals surface area contributed by atoms with Crippen molar-refractivity contribution in [3.63, 3.8) is 0 Å². The molecule has 110 valence electrons. The summed E-state index contributed by atoms with van der Waals surface area (Å²) in [5, 5.41) is 8.77. The van der Waals surface area contributed by atoms with E-state index in [0.29, 0.717) is 6.61 Å². The maximum atomic E-state index is 11.9. The molecule has 1 rings (SSSR count). The van der Waals surface area contributed by atoms with E-state index < -0.39 is 5.97 Å². The molecule has 0 radical (unpaired) electrons. The van der Waals surface area contributed by atoms with Gasteiger partial charge in [0.2, 0.25) is 5.91 Å². The molecule has 0 atom stereocenters. The van der Waals surface area contributed by atoms with Crippen LogP contribution in [0.2, 0.25) is 0 Å². The van der Waals surface area contributed by atoms with E-state index in [1.807, 2.05) is 30.3 Å². The van der Waals surface area contributed by atoms with E-state index in [1.54, 1.807) is 13.8 Å². The Morgan fingerprint density at radius 2 is 1.90 bits per heavy atom. The third kappa shape index (κ3) is 5.84. The highest BCUT2D eigenvalue weighted by molar-refractivity contribution is 5.82. The Labute approximate surface area is 119 Å². The minimum atomic E-state index is -1.02. The predicted molar refractivity (Wildman–Crippen MR) is 75.4 cm³/mol. The molecule has 5 heteroatoms. The van der Waals surface area contributed by atoms with Gasteiger partial charge < -0.3 is 14.7 Å². The third-order valence-electron chi connectivity index (χ3n) is 2.85. The van der Waals surface area contributed by atoms with Crippen molar-refractivity contribution in [3.8, 4) is 0 Å². The quantitative estimate of drug-likeness (QED) is 0.733. The number of rotatable bonds is 8. The average molecular weight is 279 g/mol. The van der Waals surface area contributed by atoms with Gasteiger partial charge in [-0.25, -0.2) is 0 Å². The van der Waals surface area contributed by atoms with Crippen molar-refractivity contribution in [2.24, 2.45) is 0 Å². The number of amides is 1. The minimum Gasteiger partial charge on any atom is -0.480 e. The number of carboxylic acids is 1. The van der Waals surface area contributed by atoms with Crippen LogP contribution in [-0.4, -0.2) is 47.7 Å². The molecule has 1 amide bonds. The highest BCUT2D eigenvalue weighted by Gasteiger charge is 2.19. The fourth-order valence-corrected chi connectivity index (χ4v) is 1.78. The molecule has 0 aromatic heterocycles. The topological polar surface area (TPSA) is 66.8 Å². The van der Waals surface area contributed by atoms with Crippen LogP contribution in [0.5, 0.6) is 0 Å². The van der Waals surface area contributed by atoms with Crippen LogP contribution in [0, 0.1) is 0 Å². The molecule has 1 aromatic carbocycles. The highest BCUT2D eigenvalue weighted by Crippen LogP contribution is 2.02. The van der Waals surface area contributed by atoms with E-state index in [1.165, 1.54) is 4.90 Å². The summed E-state index contributed by atoms with van der Waals surface area (Å²) in [6.07, 6.45) is 0.731. The molecule has 0 aliphatic rings. The van der Waals surface area contributed by atoms with Gasteiger partial charge in [-0.05, 0) is 25.8 Å². The lowest BCUT2D eigenvalue weighted by molar-refractivity contribution is -0.148. The van der Waals surface area contributed by atoms with Crippen molar-refractivity contribution in [2.45, 2.75) is 26.3 Å². The first-order valence-corrected chi connectivity index (χ1v) is 6.63. The second kappa shape index (κ2) is 8.32. The number of aliphatic carboxylic acids is 1. The van der Waals surface area contributed by atoms with Crippen LogP contribution in [-0.2, 0) is 20.7 Å². The number of hydrogen-bond acceptors (Lipinski definition) is 3. The number of carbonyl (C=O) groups is 2. The van der Waals surface area contributed by atoms with Gasteiger partial charge in [0.05, 0.1) is 6.61 Å². The summed E-state index contributed by atoms with van der Waals surface area (Å²) in [5.74, 6) is -1.31. The predicted octanol–water partition coefficient (Wildman–Crippen LogP) is 1.57. The Balaban J connectivity index is 2.32. The van der Waals surface area contributed by atoms with E-state index in [-0.39, 0.29) is 25.1 Å². The number of benzene rings is 1. The van der Waals surface area contributed by atoms with Gasteiger partial charge in [-0.3, -0.25) is 9.59 Å². The number of hydrogen-bond donors (Lipinski definition) is 1. The van der Waals surface area contributed by atoms with Crippen molar-refractivity contribution in [1.82, 2.24) is 4.90 Å². The summed E-state index contributed by atoms with van der Waals surface area (Å²) >= 11 is 0. The highest BCUT2D eigenvalue weighted by atomic mass is 16.5. The van der Waals surface area contributed by atoms with Crippen molar-refractivity contribution in [1.29, 1.82) is 0 Å². The lowest BCUT2D eigenvalue weighted by Crippen LogP contribution is -2.42. The van der Waals surface area contributed by atoms with Gasteiger partial charge >= 0.3 is 5.97 Å². The zero-order chi connectivity index (χ0) is 15.0. The van der Waals surface area contributed by atoms with E-state index in [0.717, 1.165) is 12.0 Å². The van der Waals surface area contributed by atoms with E-state index >= 15 is 0 Å². The Hall–Kier alpha value is -1.88. The van der Waals surface area contributed by atoms with Crippen LogP contribution in [0.1, 0.15) is 19.4 Å². The standard InChI is InChI=1S/C15H21NO4/c1-12(2)16(10-15(18)19)14(17)11-20-9-8-13-6-4-3-5-7-13/h3-7,12H,8-11H2,1-2H3,(H,18,19). The first-order chi connectivity index (χ1) is 9.50. The summed E-state index contributed by atoms with van der Waals surface area (Å²) in [6.45, 7) is 3.63. The molecule has 0 aliphatic carbocycles. The molecule has 0 bridgehead atoms. The van der Waals surface area contributed by atoms with E-state index in [9.17, 15) is 9.59 Å². The van der Waals surface area contributed by atoms with Crippen molar-refractivity contribution < 1.29 is 19.4 Å². The number of carbonyl (C=O) groups excluding carboxylic acids is 1. The van der Waals surface area contributed by atoms with Crippen LogP contribution >= 0.6 is 0 Å². The van der Waals surface area contributed by atoms with Crippen LogP contribution in [0.25, 0.3) is 0 Å². The van der Waals surface area contributed by atoms with Crippen molar-refractivity contribution in [3.05, 3.63) is 35.9 Å². The third-order valence-corrected chi connectivity index (χ3v) is 2.85. The molecule has 0 heterocycles. The molecule has 0 saturated carbocycles. The fourth-order valence-electron chi connectivity index (χ4n) is 1.78. The smallest absolute Gasteiger partial charge is 0.323 e. The molecule has 20 heavy (non-hydrogen) atoms. The van der Waals surface area contributed by atoms with Crippen molar-refractivity contribution in [2.75, 3.05) is 19.8 Å². The summed E-state index contributed by atoms with van der Waals surface area (Å²) in [7, 11) is 0. The minimum absolute atomic E-state index is 0.0850. The molecular formula is C15H21NO4. The Kier molecular flexibility index (Phi) is 6.73. The summed E-state index contributed by atoms with van der Waals surface area (Å²) < 4.78 is 5.33. The maximum absolute atomic E-state index is 11.9. The Morgan fingerprint density at radius 1 is 1.25 bits per heavy atom. The lowest BCUT2D eigenvalue weighted by atomic mass is 10.2. The molecule has 5 nitrogen and oxygen atoms in total. The van der Waals surface area contributed by atoms with Crippen LogP contribution in [0.15, 0.2) is 30.3 Å². The second-order valence-corrected chi connectivity index (χ2v) is 4.80. The number of nitrogens with zero attached hydrogens (tertiary/aromatic N) is 1. The largest absolute Gasteiger partial charge is 0.480 e. The normalized spacial score (nSPS) is 10.6. The zero-order valence-electron chi connectivity index (χ0n) is 11.9. The molecule has 1 N–H and O–H groups in total. The average Bonchev–Trinajstić information content (AvgIpc) is 2.41. The van der Waals surface area contributed by atoms with Crippen LogP contribution < -0.4 is 0 Å². The van der Waals surface area contributed by atoms with Crippen molar-refractivity contribution >= 4 is 11.9 Å². The SMILES string of the molecule is CC(C)N(CC(=O)O)C(=O)COCCc1ccccc1. The number of carboxylic acid groups (broad SMARTS) is 1. The first-order valence-electron chi connectivity index (χ1n) is 6.63. The molecule has 0 saturated heterocycles. The van der Waals surface area contributed by atoms with Crippen LogP contribution in [0.4, 0.5) is 0 Å². The Bertz CT molecular complexity index is 431. The zero-order valence-corrected chi connectivity index (χ0v) is 11.9. The van der Waals surface area contributed by atoms with E-state index in [2.05, 4.69) is 0 Å². The monoisotopic (exact) mass is 279 g/mol. The van der Waals surface area contributed by atoms with Gasteiger partial charge in [0.25, 0.3) is 0 Å². The van der Waals surface area contributed by atoms with Gasteiger partial charge in [-0.15, -0.1) is 0 Å². The molecule has 1 aromatic rings. The summed E-state index contributed by atoms with van der Waals surface area (Å²) in [4.78, 5) is 23.9. The maximum Gasteiger partial charge on any atom is 0.323 e. The molecule has 0 unspecified atom stereocenters. The van der Waals surface area contributed by atoms with Gasteiger partial charge in [-0.2, -0.15) is 0 Å². The van der Waals surface area contributed by atoms with Crippen LogP contribution in [0.3, 0.4) is 0 Å². The van der Waals surface area contributed by atoms with Gasteiger partial charge in [-0.1, -0.05) is 30.3 Å². The van der Waals surface area contributed by atoms with Gasteiger partial charge in [0.1, 0.15) is 13.2 Å². The molecular weight excluding hydrogens is 258 g/mol. The second-order valence-electron chi connectivity index (χ2n) is 4.80. The first kappa shape index (κ1) is 16.2. The molecule has 0 spiro atoms. The molecule has 0 fully saturated rings. The van der Waals surface area contributed by atoms with Gasteiger partial charge in [0.15, 0.2) is 0 Å². The van der Waals surface area contributed by atoms with E-state index in [4.69, 9.17) is 9.84 Å².